The molecule has 1 aliphatic rings. The number of benzene rings is 2. The van der Waals surface area contributed by atoms with Gasteiger partial charge in [-0.05, 0) is 36.5 Å². The first-order chi connectivity index (χ1) is 13.3. The highest BCUT2D eigenvalue weighted by Gasteiger charge is 2.19. The molecule has 0 aromatic heterocycles. The first-order valence-electron chi connectivity index (χ1n) is 9.67. The van der Waals surface area contributed by atoms with E-state index in [1.807, 2.05) is 36.1 Å². The van der Waals surface area contributed by atoms with Gasteiger partial charge in [0.1, 0.15) is 6.54 Å². The smallest absolute Gasteiger partial charge is 0.244 e. The van der Waals surface area contributed by atoms with Gasteiger partial charge in [-0.25, -0.2) is 4.99 Å². The summed E-state index contributed by atoms with van der Waals surface area (Å²) in [5.74, 6) is 0.768. The molecule has 0 spiro atoms. The zero-order chi connectivity index (χ0) is 18.9. The zero-order valence-corrected chi connectivity index (χ0v) is 18.7. The number of halogens is 1. The maximum absolute atomic E-state index is 12.6. The summed E-state index contributed by atoms with van der Waals surface area (Å²) < 4.78 is 0. The highest BCUT2D eigenvalue weighted by molar-refractivity contribution is 14.0. The van der Waals surface area contributed by atoms with Crippen LogP contribution in [0.15, 0.2) is 59.6 Å². The first kappa shape index (κ1) is 22.2. The molecule has 2 aromatic rings. The number of amides is 1. The van der Waals surface area contributed by atoms with E-state index in [1.54, 1.807) is 0 Å². The molecule has 0 aliphatic carbocycles. The fourth-order valence-electron chi connectivity index (χ4n) is 3.27. The normalized spacial score (nSPS) is 13.3. The van der Waals surface area contributed by atoms with Crippen LogP contribution in [0.2, 0.25) is 0 Å². The number of hydrogen-bond acceptors (Lipinski definition) is 2. The number of hydrogen-bond donors (Lipinski definition) is 2. The fraction of sp³-hybridized carbons (Fsp3) is 0.364. The number of rotatable bonds is 6. The topological polar surface area (TPSA) is 56.7 Å². The zero-order valence-electron chi connectivity index (χ0n) is 16.4. The van der Waals surface area contributed by atoms with Gasteiger partial charge in [0.05, 0.1) is 0 Å². The Morgan fingerprint density at radius 2 is 1.75 bits per heavy atom. The maximum atomic E-state index is 12.6. The number of aliphatic imine (C=N–C) groups is 1. The van der Waals surface area contributed by atoms with Gasteiger partial charge in [0.25, 0.3) is 0 Å². The largest absolute Gasteiger partial charge is 0.357 e. The van der Waals surface area contributed by atoms with E-state index in [1.165, 1.54) is 16.7 Å². The molecule has 1 aliphatic heterocycles. The molecule has 6 heteroatoms. The molecule has 3 rings (SSSR count). The van der Waals surface area contributed by atoms with Crippen LogP contribution in [0.3, 0.4) is 0 Å². The summed E-state index contributed by atoms with van der Waals surface area (Å²) in [6.07, 6.45) is 1.84. The van der Waals surface area contributed by atoms with Crippen LogP contribution in [0, 0.1) is 0 Å². The predicted octanol–water partition coefficient (Wildman–Crippen LogP) is 2.99. The number of fused-ring (bicyclic) bond motifs is 1. The molecule has 5 nitrogen and oxygen atoms in total. The third-order valence-electron chi connectivity index (χ3n) is 4.75. The molecule has 0 radical (unpaired) electrons. The van der Waals surface area contributed by atoms with Crippen molar-refractivity contribution in [2.75, 3.05) is 26.2 Å². The van der Waals surface area contributed by atoms with Crippen molar-refractivity contribution in [1.82, 2.24) is 15.5 Å². The van der Waals surface area contributed by atoms with E-state index < -0.39 is 0 Å². The van der Waals surface area contributed by atoms with Crippen molar-refractivity contribution >= 4 is 35.8 Å². The second-order valence-corrected chi connectivity index (χ2v) is 6.69. The molecule has 0 bridgehead atoms. The SMILES string of the molecule is CCNC(=NCC(=O)N1CCc2ccccc2C1)NCCc1ccccc1.I. The first-order valence-corrected chi connectivity index (χ1v) is 9.67. The summed E-state index contributed by atoms with van der Waals surface area (Å²) in [6.45, 7) is 5.19. The summed E-state index contributed by atoms with van der Waals surface area (Å²) in [5, 5.41) is 6.52. The Bertz CT molecular complexity index is 779. The Hall–Kier alpha value is -2.09. The van der Waals surface area contributed by atoms with Crippen molar-refractivity contribution in [3.8, 4) is 0 Å². The van der Waals surface area contributed by atoms with Crippen molar-refractivity contribution < 1.29 is 4.79 Å². The van der Waals surface area contributed by atoms with Gasteiger partial charge in [0.15, 0.2) is 5.96 Å². The second kappa shape index (κ2) is 11.7. The lowest BCUT2D eigenvalue weighted by atomic mass is 10.00. The average Bonchev–Trinajstić information content (AvgIpc) is 2.72. The molecule has 0 saturated heterocycles. The van der Waals surface area contributed by atoms with E-state index in [0.717, 1.165) is 32.5 Å². The molecular weight excluding hydrogens is 463 g/mol. The van der Waals surface area contributed by atoms with Crippen LogP contribution in [0.25, 0.3) is 0 Å². The Morgan fingerprint density at radius 3 is 2.50 bits per heavy atom. The predicted molar refractivity (Wildman–Crippen MR) is 125 cm³/mol. The van der Waals surface area contributed by atoms with Crippen LogP contribution in [-0.2, 0) is 24.2 Å². The Labute approximate surface area is 184 Å². The number of guanidine groups is 1. The van der Waals surface area contributed by atoms with E-state index >= 15 is 0 Å². The Balaban J connectivity index is 0.00000280. The van der Waals surface area contributed by atoms with Gasteiger partial charge >= 0.3 is 0 Å². The minimum absolute atomic E-state index is 0. The summed E-state index contributed by atoms with van der Waals surface area (Å²) >= 11 is 0. The van der Waals surface area contributed by atoms with Crippen molar-refractivity contribution in [1.29, 1.82) is 0 Å². The summed E-state index contributed by atoms with van der Waals surface area (Å²) in [5.41, 5.74) is 3.87. The number of nitrogens with zero attached hydrogens (tertiary/aromatic N) is 2. The van der Waals surface area contributed by atoms with Gasteiger partial charge in [-0.3, -0.25) is 4.79 Å². The Kier molecular flexibility index (Phi) is 9.27. The van der Waals surface area contributed by atoms with E-state index in [-0.39, 0.29) is 36.4 Å². The monoisotopic (exact) mass is 492 g/mol. The van der Waals surface area contributed by atoms with Gasteiger partial charge in [-0.15, -0.1) is 24.0 Å². The van der Waals surface area contributed by atoms with E-state index in [9.17, 15) is 4.79 Å². The Morgan fingerprint density at radius 1 is 1.04 bits per heavy atom. The molecule has 150 valence electrons. The molecule has 2 N–H and O–H groups in total. The lowest BCUT2D eigenvalue weighted by Crippen LogP contribution is -2.41. The quantitative estimate of drug-likeness (QED) is 0.371. The molecule has 2 aromatic carbocycles. The third kappa shape index (κ3) is 6.51. The maximum Gasteiger partial charge on any atom is 0.244 e. The molecular formula is C22H29IN4O. The van der Waals surface area contributed by atoms with Crippen molar-refractivity contribution in [2.45, 2.75) is 26.3 Å². The van der Waals surface area contributed by atoms with Gasteiger partial charge in [0.2, 0.25) is 5.91 Å². The van der Waals surface area contributed by atoms with Gasteiger partial charge in [-0.1, -0.05) is 54.6 Å². The highest BCUT2D eigenvalue weighted by Crippen LogP contribution is 2.18. The minimum atomic E-state index is 0. The highest BCUT2D eigenvalue weighted by atomic mass is 127. The molecule has 1 amide bonds. The summed E-state index contributed by atoms with van der Waals surface area (Å²) in [4.78, 5) is 19.0. The summed E-state index contributed by atoms with van der Waals surface area (Å²) in [7, 11) is 0. The van der Waals surface area contributed by atoms with Crippen LogP contribution in [-0.4, -0.2) is 42.9 Å². The van der Waals surface area contributed by atoms with Crippen LogP contribution >= 0.6 is 24.0 Å². The third-order valence-corrected chi connectivity index (χ3v) is 4.75. The second-order valence-electron chi connectivity index (χ2n) is 6.69. The lowest BCUT2D eigenvalue weighted by Gasteiger charge is -2.28. The average molecular weight is 492 g/mol. The van der Waals surface area contributed by atoms with Crippen molar-refractivity contribution in [3.05, 3.63) is 71.3 Å². The molecule has 1 heterocycles. The van der Waals surface area contributed by atoms with Crippen LogP contribution in [0.5, 0.6) is 0 Å². The van der Waals surface area contributed by atoms with Crippen molar-refractivity contribution in [2.24, 2.45) is 4.99 Å². The van der Waals surface area contributed by atoms with E-state index in [0.29, 0.717) is 12.5 Å². The van der Waals surface area contributed by atoms with E-state index in [2.05, 4.69) is 46.0 Å². The standard InChI is InChI=1S/C22H28N4O.HI/c1-2-23-22(24-14-12-18-8-4-3-5-9-18)25-16-21(27)26-15-13-19-10-6-7-11-20(19)17-26;/h3-11H,2,12-17H2,1H3,(H2,23,24,25);1H. The molecule has 0 unspecified atom stereocenters. The molecule has 0 atom stereocenters. The van der Waals surface area contributed by atoms with Crippen molar-refractivity contribution in [3.63, 3.8) is 0 Å². The van der Waals surface area contributed by atoms with Crippen LogP contribution in [0.1, 0.15) is 23.6 Å². The van der Waals surface area contributed by atoms with E-state index in [4.69, 9.17) is 0 Å². The molecule has 28 heavy (non-hydrogen) atoms. The number of nitrogens with one attached hydrogen (secondary N) is 2. The van der Waals surface area contributed by atoms with Gasteiger partial charge < -0.3 is 15.5 Å². The number of carbonyl (C=O) groups is 1. The van der Waals surface area contributed by atoms with Gasteiger partial charge in [-0.2, -0.15) is 0 Å². The number of carbonyl (C=O) groups excluding carboxylic acids is 1. The minimum Gasteiger partial charge on any atom is -0.357 e. The summed E-state index contributed by atoms with van der Waals surface area (Å²) in [6, 6.07) is 18.7. The van der Waals surface area contributed by atoms with Crippen LogP contribution < -0.4 is 10.6 Å². The lowest BCUT2D eigenvalue weighted by molar-refractivity contribution is -0.130. The fourth-order valence-corrected chi connectivity index (χ4v) is 3.27. The van der Waals surface area contributed by atoms with Gasteiger partial charge in [0, 0.05) is 26.2 Å². The van der Waals surface area contributed by atoms with Crippen LogP contribution in [0.4, 0.5) is 0 Å². The molecule has 0 saturated carbocycles. The molecule has 0 fully saturated rings.